The molecule has 0 aliphatic heterocycles. The van der Waals surface area contributed by atoms with E-state index in [0.29, 0.717) is 12.7 Å². The smallest absolute Gasteiger partial charge is 0.194 e. The third-order valence-electron chi connectivity index (χ3n) is 0.480. The minimum absolute atomic E-state index is 0. The van der Waals surface area contributed by atoms with E-state index in [2.05, 4.69) is 0 Å². The maximum absolute atomic E-state index is 9.81. The Balaban J connectivity index is 0. The molecule has 0 atom stereocenters. The van der Waals surface area contributed by atoms with Crippen LogP contribution in [-0.4, -0.2) is 12.1 Å². The molecule has 2 nitrogen and oxygen atoms in total. The number of carbonyl (C=O) groups is 2. The fraction of sp³-hybridized carbons (Fsp3) is 0.500. The molecule has 0 rings (SSSR count). The molecule has 0 unspecified atom stereocenters. The molecule has 3 heteroatoms. The van der Waals surface area contributed by atoms with E-state index in [-0.39, 0.29) is 22.6 Å². The molecule has 0 bridgehead atoms. The van der Waals surface area contributed by atoms with Crippen molar-refractivity contribution in [2.75, 3.05) is 0 Å². The van der Waals surface area contributed by atoms with Crippen molar-refractivity contribution in [1.82, 2.24) is 0 Å². The summed E-state index contributed by atoms with van der Waals surface area (Å²) in [7, 11) is 0. The number of Topliss-reactive ketones (excluding diaryl/α,β-unsaturated/α-hetero) is 1. The van der Waals surface area contributed by atoms with Gasteiger partial charge in [-0.25, -0.2) is 0 Å². The van der Waals surface area contributed by atoms with Crippen LogP contribution in [0.2, 0.25) is 0 Å². The van der Waals surface area contributed by atoms with Crippen molar-refractivity contribution in [3.63, 3.8) is 0 Å². The van der Waals surface area contributed by atoms with Crippen LogP contribution in [0.15, 0.2) is 0 Å². The maximum Gasteiger partial charge on any atom is 0.194 e. The molecule has 0 aromatic heterocycles. The molecule has 1 radical (unpaired) electrons. The second-order valence-corrected chi connectivity index (χ2v) is 0.938. The van der Waals surface area contributed by atoms with Crippen LogP contribution < -0.4 is 0 Å². The minimum atomic E-state index is -0.338. The molecule has 0 N–H and O–H groups in total. The van der Waals surface area contributed by atoms with Gasteiger partial charge in [-0.15, -0.1) is 0 Å². The number of ketones is 1. The predicted octanol–water partition coefficient (Wildman–Crippen LogP) is 0.162. The Bertz CT molecular complexity index is 70.1. The quantitative estimate of drug-likeness (QED) is 0.409. The van der Waals surface area contributed by atoms with Gasteiger partial charge in [-0.1, -0.05) is 6.92 Å². The third kappa shape index (κ3) is 5.85. The molecule has 0 aliphatic rings. The first-order valence-electron chi connectivity index (χ1n) is 1.79. The van der Waals surface area contributed by atoms with Gasteiger partial charge < -0.3 is 0 Å². The summed E-state index contributed by atoms with van der Waals surface area (Å²) in [5, 5.41) is 0. The Kier molecular flexibility index (Phi) is 8.32. The van der Waals surface area contributed by atoms with Crippen molar-refractivity contribution in [2.45, 2.75) is 13.3 Å². The summed E-state index contributed by atoms with van der Waals surface area (Å²) in [6, 6.07) is 0. The second kappa shape index (κ2) is 5.85. The average molecular weight is 145 g/mol. The molecule has 0 aliphatic carbocycles. The Labute approximate surface area is 52.5 Å². The molecule has 0 amide bonds. The third-order valence-corrected chi connectivity index (χ3v) is 0.480. The van der Waals surface area contributed by atoms with E-state index in [1.54, 1.807) is 6.92 Å². The normalized spacial score (nSPS) is 6.43. The van der Waals surface area contributed by atoms with E-state index in [0.717, 1.165) is 0 Å². The molecule has 7 heavy (non-hydrogen) atoms. The van der Waals surface area contributed by atoms with Crippen LogP contribution in [0, 0.1) is 0 Å². The summed E-state index contributed by atoms with van der Waals surface area (Å²) in [6.45, 7) is 1.65. The topological polar surface area (TPSA) is 34.1 Å². The van der Waals surface area contributed by atoms with Gasteiger partial charge in [0.2, 0.25) is 0 Å². The fourth-order valence-corrected chi connectivity index (χ4v) is 0.0833. The molecule has 0 saturated carbocycles. The van der Waals surface area contributed by atoms with Crippen molar-refractivity contribution < 1.29 is 26.4 Å². The summed E-state index contributed by atoms with van der Waals surface area (Å²) in [5.74, 6) is -0.338. The van der Waals surface area contributed by atoms with Gasteiger partial charge in [-0.05, 0) is 0 Å². The Morgan fingerprint density at radius 3 is 2.14 bits per heavy atom. The number of carbonyl (C=O) groups excluding carboxylic acids is 2. The molecule has 0 spiro atoms. The van der Waals surface area contributed by atoms with Gasteiger partial charge in [-0.3, -0.25) is 9.59 Å². The summed E-state index contributed by atoms with van der Waals surface area (Å²) in [4.78, 5) is 19.2. The van der Waals surface area contributed by atoms with E-state index in [4.69, 9.17) is 0 Å². The van der Waals surface area contributed by atoms with E-state index in [1.807, 2.05) is 0 Å². The van der Waals surface area contributed by atoms with E-state index in [1.165, 1.54) is 0 Å². The van der Waals surface area contributed by atoms with Gasteiger partial charge in [0.1, 0.15) is 0 Å². The van der Waals surface area contributed by atoms with Crippen molar-refractivity contribution in [3.05, 3.63) is 0 Å². The molecule has 43 valence electrons. The maximum atomic E-state index is 9.81. The molecular weight excluding hydrogens is 139 g/mol. The largest absolute Gasteiger partial charge is 0.295 e. The first-order valence-corrected chi connectivity index (χ1v) is 1.79. The first kappa shape index (κ1) is 9.96. The zero-order valence-electron chi connectivity index (χ0n) is 3.93. The Morgan fingerprint density at radius 2 is 2.14 bits per heavy atom. The fourth-order valence-electron chi connectivity index (χ4n) is 0.0833. The van der Waals surface area contributed by atoms with E-state index < -0.39 is 0 Å². The molecule has 0 saturated heterocycles. The summed E-state index contributed by atoms with van der Waals surface area (Å²) in [6.07, 6.45) is 0.656. The van der Waals surface area contributed by atoms with Crippen molar-refractivity contribution in [1.29, 1.82) is 0 Å². The van der Waals surface area contributed by atoms with Crippen molar-refractivity contribution >= 4 is 12.1 Å². The molecule has 0 fully saturated rings. The SMILES string of the molecule is CCC(=O)C=O.[Co]. The molecule has 0 heterocycles. The van der Waals surface area contributed by atoms with E-state index in [9.17, 15) is 9.59 Å². The van der Waals surface area contributed by atoms with Crippen LogP contribution in [0.5, 0.6) is 0 Å². The number of hydrogen-bond acceptors (Lipinski definition) is 2. The molecular formula is C4H6CoO2. The Morgan fingerprint density at radius 1 is 1.71 bits per heavy atom. The number of hydrogen-bond donors (Lipinski definition) is 0. The molecule has 0 aromatic rings. The monoisotopic (exact) mass is 145 g/mol. The summed E-state index contributed by atoms with van der Waals surface area (Å²) in [5.41, 5.74) is 0. The standard InChI is InChI=1S/C4H6O2.Co/c1-2-4(6)3-5;/h3H,2H2,1H3;. The second-order valence-electron chi connectivity index (χ2n) is 0.938. The van der Waals surface area contributed by atoms with Crippen LogP contribution in [0.1, 0.15) is 13.3 Å². The van der Waals surface area contributed by atoms with Gasteiger partial charge in [0, 0.05) is 23.2 Å². The van der Waals surface area contributed by atoms with Crippen LogP contribution in [0.4, 0.5) is 0 Å². The van der Waals surface area contributed by atoms with Crippen LogP contribution in [-0.2, 0) is 26.4 Å². The Hall–Kier alpha value is -0.154. The predicted molar refractivity (Wildman–Crippen MR) is 21.4 cm³/mol. The van der Waals surface area contributed by atoms with E-state index >= 15 is 0 Å². The van der Waals surface area contributed by atoms with Crippen molar-refractivity contribution in [3.8, 4) is 0 Å². The van der Waals surface area contributed by atoms with Crippen LogP contribution in [0.3, 0.4) is 0 Å². The minimum Gasteiger partial charge on any atom is -0.295 e. The zero-order valence-corrected chi connectivity index (χ0v) is 4.98. The van der Waals surface area contributed by atoms with Gasteiger partial charge in [0.05, 0.1) is 0 Å². The summed E-state index contributed by atoms with van der Waals surface area (Å²) >= 11 is 0. The van der Waals surface area contributed by atoms with Gasteiger partial charge >= 0.3 is 0 Å². The van der Waals surface area contributed by atoms with Crippen molar-refractivity contribution in [2.24, 2.45) is 0 Å². The first-order chi connectivity index (χ1) is 2.81. The zero-order chi connectivity index (χ0) is 4.99. The number of rotatable bonds is 2. The molecule has 0 aromatic carbocycles. The summed E-state index contributed by atoms with van der Waals surface area (Å²) < 4.78 is 0. The van der Waals surface area contributed by atoms with Gasteiger partial charge in [-0.2, -0.15) is 0 Å². The van der Waals surface area contributed by atoms with Gasteiger partial charge in [0.15, 0.2) is 12.1 Å². The van der Waals surface area contributed by atoms with Crippen LogP contribution >= 0.6 is 0 Å². The average Bonchev–Trinajstić information content (AvgIpc) is 1.65. The number of aldehydes is 1. The van der Waals surface area contributed by atoms with Gasteiger partial charge in [0.25, 0.3) is 0 Å². The van der Waals surface area contributed by atoms with Crippen LogP contribution in [0.25, 0.3) is 0 Å².